The van der Waals surface area contributed by atoms with Crippen molar-refractivity contribution in [2.24, 2.45) is 0 Å². The molecule has 0 radical (unpaired) electrons. The molecule has 1 aliphatic rings. The van der Waals surface area contributed by atoms with E-state index in [1.807, 2.05) is 25.1 Å². The van der Waals surface area contributed by atoms with Crippen LogP contribution in [0.1, 0.15) is 27.8 Å². The van der Waals surface area contributed by atoms with E-state index in [1.54, 1.807) is 27.9 Å². The largest absolute Gasteiger partial charge is 0.393 e. The molecule has 0 aromatic carbocycles. The summed E-state index contributed by atoms with van der Waals surface area (Å²) in [6.07, 6.45) is 0.597. The van der Waals surface area contributed by atoms with Crippen LogP contribution in [0.3, 0.4) is 0 Å². The quantitative estimate of drug-likeness (QED) is 0.821. The first kappa shape index (κ1) is 16.4. The van der Waals surface area contributed by atoms with Crippen LogP contribution >= 0.6 is 0 Å². The van der Waals surface area contributed by atoms with E-state index in [0.29, 0.717) is 30.9 Å². The average Bonchev–Trinajstić information content (AvgIpc) is 3.03. The predicted molar refractivity (Wildman–Crippen MR) is 87.6 cm³/mol. The molecule has 0 saturated heterocycles. The molecule has 2 aromatic rings. The molecule has 2 aromatic heterocycles. The molecule has 1 amide bonds. The van der Waals surface area contributed by atoms with Crippen LogP contribution in [0.25, 0.3) is 0 Å². The van der Waals surface area contributed by atoms with Gasteiger partial charge in [0, 0.05) is 26.8 Å². The minimum atomic E-state index is -0.991. The maximum Gasteiger partial charge on any atom is 0.255 e. The van der Waals surface area contributed by atoms with Gasteiger partial charge in [0.1, 0.15) is 11.9 Å². The molecular weight excluding hydrogens is 310 g/mol. The van der Waals surface area contributed by atoms with Crippen molar-refractivity contribution in [2.45, 2.75) is 19.2 Å². The number of carbonyl (C=O) groups is 1. The normalized spacial score (nSPS) is 15.1. The maximum atomic E-state index is 12.6. The van der Waals surface area contributed by atoms with Gasteiger partial charge in [0.15, 0.2) is 0 Å². The molecule has 3 rings (SSSR count). The number of amides is 1. The lowest BCUT2D eigenvalue weighted by Gasteiger charge is -2.27. The zero-order chi connectivity index (χ0) is 17.3. The Kier molecular flexibility index (Phi) is 4.50. The second-order valence-corrected chi connectivity index (χ2v) is 6.01. The highest BCUT2D eigenvalue weighted by atomic mass is 16.3. The van der Waals surface area contributed by atoms with Crippen molar-refractivity contribution in [2.75, 3.05) is 32.1 Å². The maximum absolute atomic E-state index is 12.6. The first-order valence-corrected chi connectivity index (χ1v) is 7.78. The number of fused-ring (bicyclic) bond motifs is 1. The molecule has 3 heterocycles. The van der Waals surface area contributed by atoms with E-state index in [9.17, 15) is 9.90 Å². The number of anilines is 1. The molecule has 0 bridgehead atoms. The van der Waals surface area contributed by atoms with Crippen molar-refractivity contribution >= 4 is 11.7 Å². The van der Waals surface area contributed by atoms with Crippen LogP contribution in [0, 0.1) is 0 Å². The summed E-state index contributed by atoms with van der Waals surface area (Å²) < 4.78 is 1.77. The van der Waals surface area contributed by atoms with Crippen LogP contribution < -0.4 is 4.90 Å². The Morgan fingerprint density at radius 1 is 1.38 bits per heavy atom. The fourth-order valence-corrected chi connectivity index (χ4v) is 2.68. The smallest absolute Gasteiger partial charge is 0.255 e. The molecule has 1 aliphatic heterocycles. The first-order chi connectivity index (χ1) is 11.5. The fourth-order valence-electron chi connectivity index (χ4n) is 2.68. The summed E-state index contributed by atoms with van der Waals surface area (Å²) in [5.74, 6) is 0.718. The number of hydrogen-bond donors (Lipinski definition) is 2. The first-order valence-electron chi connectivity index (χ1n) is 7.78. The lowest BCUT2D eigenvalue weighted by molar-refractivity contribution is 0.0704. The molecule has 2 N–H and O–H groups in total. The molecule has 0 fully saturated rings. The van der Waals surface area contributed by atoms with Gasteiger partial charge < -0.3 is 20.0 Å². The van der Waals surface area contributed by atoms with Gasteiger partial charge in [-0.15, -0.1) is 0 Å². The zero-order valence-corrected chi connectivity index (χ0v) is 13.8. The summed E-state index contributed by atoms with van der Waals surface area (Å²) in [5, 5.41) is 23.0. The Labute approximate surface area is 139 Å². The van der Waals surface area contributed by atoms with E-state index < -0.39 is 6.10 Å². The van der Waals surface area contributed by atoms with Gasteiger partial charge in [-0.05, 0) is 18.2 Å². The summed E-state index contributed by atoms with van der Waals surface area (Å²) in [5.41, 5.74) is 1.82. The second-order valence-electron chi connectivity index (χ2n) is 6.01. The third-order valence-corrected chi connectivity index (χ3v) is 4.07. The minimum absolute atomic E-state index is 0.0792. The topological polar surface area (TPSA) is 94.7 Å². The highest BCUT2D eigenvalue weighted by Gasteiger charge is 2.24. The Morgan fingerprint density at radius 2 is 2.17 bits per heavy atom. The zero-order valence-electron chi connectivity index (χ0n) is 13.8. The Bertz CT molecular complexity index is 726. The number of rotatable bonds is 4. The Hall–Kier alpha value is -2.45. The Balaban J connectivity index is 1.74. The average molecular weight is 331 g/mol. The number of aromatic nitrogens is 3. The van der Waals surface area contributed by atoms with E-state index in [0.717, 1.165) is 11.5 Å². The van der Waals surface area contributed by atoms with Crippen molar-refractivity contribution in [1.82, 2.24) is 19.7 Å². The van der Waals surface area contributed by atoms with Crippen LogP contribution in [0.5, 0.6) is 0 Å². The summed E-state index contributed by atoms with van der Waals surface area (Å²) in [6.45, 7) is 1.14. The summed E-state index contributed by atoms with van der Waals surface area (Å²) in [6, 6.07) is 5.32. The standard InChI is InChI=1S/C16H21N5O3/c1-19(2)15-4-3-11(8-17-15)16(24)20-5-6-21-12(9-20)7-13(18-21)14(23)10-22/h3-4,7-8,14,22-23H,5-6,9-10H2,1-2H3. The molecule has 8 nitrogen and oxygen atoms in total. The van der Waals surface area contributed by atoms with Crippen LogP contribution in [-0.2, 0) is 13.1 Å². The Morgan fingerprint density at radius 3 is 2.79 bits per heavy atom. The molecule has 8 heteroatoms. The molecule has 24 heavy (non-hydrogen) atoms. The van der Waals surface area contributed by atoms with Gasteiger partial charge >= 0.3 is 0 Å². The van der Waals surface area contributed by atoms with Gasteiger partial charge in [-0.25, -0.2) is 4.98 Å². The lowest BCUT2D eigenvalue weighted by Crippen LogP contribution is -2.38. The molecule has 0 saturated carbocycles. The van der Waals surface area contributed by atoms with Gasteiger partial charge in [0.25, 0.3) is 5.91 Å². The van der Waals surface area contributed by atoms with E-state index >= 15 is 0 Å². The van der Waals surface area contributed by atoms with Crippen LogP contribution in [-0.4, -0.2) is 63.0 Å². The van der Waals surface area contributed by atoms with Crippen molar-refractivity contribution < 1.29 is 15.0 Å². The minimum Gasteiger partial charge on any atom is -0.393 e. The number of aliphatic hydroxyl groups is 2. The van der Waals surface area contributed by atoms with Gasteiger partial charge in [-0.3, -0.25) is 9.48 Å². The van der Waals surface area contributed by atoms with Gasteiger partial charge in [0.05, 0.1) is 36.6 Å². The van der Waals surface area contributed by atoms with Gasteiger partial charge in [-0.1, -0.05) is 0 Å². The van der Waals surface area contributed by atoms with Crippen molar-refractivity contribution in [3.63, 3.8) is 0 Å². The summed E-state index contributed by atoms with van der Waals surface area (Å²) in [4.78, 5) is 20.5. The number of aliphatic hydroxyl groups excluding tert-OH is 2. The molecule has 128 valence electrons. The summed E-state index contributed by atoms with van der Waals surface area (Å²) >= 11 is 0. The third kappa shape index (κ3) is 3.10. The monoisotopic (exact) mass is 331 g/mol. The van der Waals surface area contributed by atoms with E-state index in [4.69, 9.17) is 5.11 Å². The number of carbonyl (C=O) groups excluding carboxylic acids is 1. The number of nitrogens with zero attached hydrogens (tertiary/aromatic N) is 5. The van der Waals surface area contributed by atoms with Crippen LogP contribution in [0.2, 0.25) is 0 Å². The summed E-state index contributed by atoms with van der Waals surface area (Å²) in [7, 11) is 3.79. The predicted octanol–water partition coefficient (Wildman–Crippen LogP) is 0.0258. The lowest BCUT2D eigenvalue weighted by atomic mass is 10.2. The van der Waals surface area contributed by atoms with Crippen molar-refractivity contribution in [3.05, 3.63) is 41.3 Å². The second kappa shape index (κ2) is 6.58. The molecule has 0 aliphatic carbocycles. The van der Waals surface area contributed by atoms with Crippen LogP contribution in [0.15, 0.2) is 24.4 Å². The van der Waals surface area contributed by atoms with Gasteiger partial charge in [-0.2, -0.15) is 5.10 Å². The van der Waals surface area contributed by atoms with Crippen molar-refractivity contribution in [1.29, 1.82) is 0 Å². The van der Waals surface area contributed by atoms with E-state index in [-0.39, 0.29) is 12.5 Å². The molecular formula is C16H21N5O3. The van der Waals surface area contributed by atoms with E-state index in [2.05, 4.69) is 10.1 Å². The molecule has 1 unspecified atom stereocenters. The van der Waals surface area contributed by atoms with Crippen LogP contribution in [0.4, 0.5) is 5.82 Å². The molecule has 0 spiro atoms. The molecule has 1 atom stereocenters. The SMILES string of the molecule is CN(C)c1ccc(C(=O)N2CCn3nc(C(O)CO)cc3C2)cn1. The highest BCUT2D eigenvalue weighted by Crippen LogP contribution is 2.20. The van der Waals surface area contributed by atoms with E-state index in [1.165, 1.54) is 0 Å². The third-order valence-electron chi connectivity index (χ3n) is 4.07. The number of pyridine rings is 1. The highest BCUT2D eigenvalue weighted by molar-refractivity contribution is 5.94. The van der Waals surface area contributed by atoms with Gasteiger partial charge in [0.2, 0.25) is 0 Å². The van der Waals surface area contributed by atoms with Crippen molar-refractivity contribution in [3.8, 4) is 0 Å². The number of hydrogen-bond acceptors (Lipinski definition) is 6. The fraction of sp³-hybridized carbons (Fsp3) is 0.438.